The third-order valence-electron chi connectivity index (χ3n) is 11.1. The molecule has 0 radical (unpaired) electrons. The number of carbonyl (C=O) groups is 5. The molecule has 14 atom stereocenters. The van der Waals surface area contributed by atoms with E-state index in [1.807, 2.05) is 36.4 Å². The minimum absolute atomic E-state index is 0.130. The summed E-state index contributed by atoms with van der Waals surface area (Å²) in [6.45, 7) is 13.8. The second-order valence-electron chi connectivity index (χ2n) is 16.8. The summed E-state index contributed by atoms with van der Waals surface area (Å²) in [7, 11) is 1.10. The van der Waals surface area contributed by atoms with Gasteiger partial charge in [-0.25, -0.2) is 4.79 Å². The zero-order chi connectivity index (χ0) is 49.5. The fourth-order valence-electron chi connectivity index (χ4n) is 7.69. The monoisotopic (exact) mass is 1070 g/mol. The number of carbonyl (C=O) groups excluding carboxylic acids is 5. The van der Waals surface area contributed by atoms with Gasteiger partial charge < -0.3 is 72.0 Å². The van der Waals surface area contributed by atoms with Gasteiger partial charge in [-0.1, -0.05) is 76.0 Å². The molecule has 1 amide bonds. The summed E-state index contributed by atoms with van der Waals surface area (Å²) in [6, 6.07) is -1.20. The van der Waals surface area contributed by atoms with Crippen molar-refractivity contribution in [3.8, 4) is 0 Å². The molecule has 21 heteroatoms. The van der Waals surface area contributed by atoms with Crippen LogP contribution in [0.15, 0.2) is 12.3 Å². The zero-order valence-corrected chi connectivity index (χ0v) is 42.8. The van der Waals surface area contributed by atoms with Crippen molar-refractivity contribution in [1.82, 2.24) is 5.32 Å². The maximum absolute atomic E-state index is 14.5. The van der Waals surface area contributed by atoms with Crippen molar-refractivity contribution in [2.45, 2.75) is 196 Å². The highest BCUT2D eigenvalue weighted by molar-refractivity contribution is 14.1. The van der Waals surface area contributed by atoms with Crippen molar-refractivity contribution in [1.29, 1.82) is 0 Å². The van der Waals surface area contributed by atoms with Crippen LogP contribution in [-0.4, -0.2) is 171 Å². The second kappa shape index (κ2) is 30.8. The van der Waals surface area contributed by atoms with Gasteiger partial charge in [0.1, 0.15) is 55.4 Å². The lowest BCUT2D eigenvalue weighted by Crippen LogP contribution is -2.71. The molecule has 3 heterocycles. The molecule has 67 heavy (non-hydrogen) atoms. The molecular weight excluding hydrogens is 997 g/mol. The maximum Gasteiger partial charge on any atom is 0.366 e. The first kappa shape index (κ1) is 58.6. The number of alkyl halides is 1. The number of halogens is 1. The third-order valence-corrected chi connectivity index (χ3v) is 12.6. The number of rotatable bonds is 30. The predicted octanol–water partition coefficient (Wildman–Crippen LogP) is 4.15. The SMILES string of the molecule is CCCCOCC1O[C@@H](O[C@@H]2C(COCCCC)OC=C[C@H]2OCCCC)[C@@H](OCCCC)C(OC2(C(=O)OC)CC(OC(C)=O)C(NC(C)=O)[C@H]([C@H](I)[C@@H](COC(C)=O)OC(C)=O)O2)[C@H]1O. The van der Waals surface area contributed by atoms with Crippen LogP contribution in [0.25, 0.3) is 0 Å². The summed E-state index contributed by atoms with van der Waals surface area (Å²) < 4.78 is 79.1. The van der Waals surface area contributed by atoms with Crippen LogP contribution in [0.3, 0.4) is 0 Å². The number of aliphatic hydroxyl groups excluding tert-OH is 1. The molecule has 0 aromatic carbocycles. The lowest BCUT2D eigenvalue weighted by atomic mass is 9.89. The quantitative estimate of drug-likeness (QED) is 0.0338. The summed E-state index contributed by atoms with van der Waals surface area (Å²) in [5, 5.41) is 15.2. The lowest BCUT2D eigenvalue weighted by Gasteiger charge is -2.52. The Bertz CT molecular complexity index is 1540. The van der Waals surface area contributed by atoms with Crippen molar-refractivity contribution in [2.75, 3.05) is 53.4 Å². The first-order valence-corrected chi connectivity index (χ1v) is 24.8. The fraction of sp³-hybridized carbons (Fsp3) is 0.848. The topological polar surface area (TPSA) is 238 Å². The molecule has 0 spiro atoms. The van der Waals surface area contributed by atoms with Crippen LogP contribution < -0.4 is 5.32 Å². The average Bonchev–Trinajstić information content (AvgIpc) is 3.28. The van der Waals surface area contributed by atoms with E-state index in [9.17, 15) is 29.1 Å². The molecule has 3 aliphatic heterocycles. The molecule has 0 saturated carbocycles. The number of unbranched alkanes of at least 4 members (excludes halogenated alkanes) is 4. The molecule has 2 fully saturated rings. The van der Waals surface area contributed by atoms with Gasteiger partial charge in [-0.05, 0) is 31.8 Å². The van der Waals surface area contributed by atoms with E-state index in [1.165, 1.54) is 13.8 Å². The van der Waals surface area contributed by atoms with Gasteiger partial charge in [0.15, 0.2) is 18.5 Å². The molecule has 2 saturated heterocycles. The van der Waals surface area contributed by atoms with Gasteiger partial charge >= 0.3 is 23.9 Å². The van der Waals surface area contributed by atoms with E-state index < -0.39 is 126 Å². The van der Waals surface area contributed by atoms with Crippen LogP contribution in [0.2, 0.25) is 0 Å². The highest BCUT2D eigenvalue weighted by Crippen LogP contribution is 2.42. The van der Waals surface area contributed by atoms with Crippen molar-refractivity contribution < 1.29 is 90.7 Å². The smallest absolute Gasteiger partial charge is 0.366 e. The van der Waals surface area contributed by atoms with Crippen LogP contribution in [0, 0.1) is 0 Å². The highest BCUT2D eigenvalue weighted by atomic mass is 127. The first-order chi connectivity index (χ1) is 32.1. The van der Waals surface area contributed by atoms with Crippen molar-refractivity contribution in [3.63, 3.8) is 0 Å². The van der Waals surface area contributed by atoms with Gasteiger partial charge in [0, 0.05) is 54.1 Å². The highest BCUT2D eigenvalue weighted by Gasteiger charge is 2.62. The molecule has 20 nitrogen and oxygen atoms in total. The Morgan fingerprint density at radius 1 is 0.806 bits per heavy atom. The van der Waals surface area contributed by atoms with Crippen molar-refractivity contribution in [2.24, 2.45) is 0 Å². The van der Waals surface area contributed by atoms with Crippen LogP contribution in [0.4, 0.5) is 0 Å². The molecule has 0 aromatic heterocycles. The average molecular weight is 1070 g/mol. The minimum Gasteiger partial charge on any atom is -0.493 e. The second-order valence-corrected chi connectivity index (χ2v) is 18.2. The number of methoxy groups -OCH3 is 1. The normalized spacial score (nSPS) is 30.3. The van der Waals surface area contributed by atoms with Gasteiger partial charge in [0.05, 0.1) is 43.0 Å². The Morgan fingerprint density at radius 2 is 1.42 bits per heavy atom. The number of amides is 1. The van der Waals surface area contributed by atoms with Crippen LogP contribution in [-0.2, 0) is 85.6 Å². The molecule has 3 aliphatic rings. The molecular formula is C46H76INO19. The van der Waals surface area contributed by atoms with Crippen LogP contribution in [0.1, 0.15) is 113 Å². The number of hydrogen-bond donors (Lipinski definition) is 2. The molecule has 386 valence electrons. The zero-order valence-electron chi connectivity index (χ0n) is 40.6. The Balaban J connectivity index is 2.26. The summed E-state index contributed by atoms with van der Waals surface area (Å²) in [6.07, 6.45) is -3.96. The summed E-state index contributed by atoms with van der Waals surface area (Å²) in [5.41, 5.74) is 0. The summed E-state index contributed by atoms with van der Waals surface area (Å²) in [4.78, 5) is 64.5. The Labute approximate surface area is 408 Å². The minimum atomic E-state index is -2.54. The number of esters is 4. The van der Waals surface area contributed by atoms with Crippen LogP contribution in [0.5, 0.6) is 0 Å². The lowest BCUT2D eigenvalue weighted by molar-refractivity contribution is -0.377. The Kier molecular flexibility index (Phi) is 26.9. The van der Waals surface area contributed by atoms with Gasteiger partial charge in [0.25, 0.3) is 5.79 Å². The molecule has 6 unspecified atom stereocenters. The number of hydrogen-bond acceptors (Lipinski definition) is 19. The van der Waals surface area contributed by atoms with Crippen molar-refractivity contribution >= 4 is 52.4 Å². The van der Waals surface area contributed by atoms with E-state index >= 15 is 0 Å². The number of ether oxygens (including phenoxy) is 13. The standard InChI is InChI=1S/C46H76INO19/c1-10-14-19-56-25-35-39(53)42(43(60-22-17-13-4)44(64-35)65-40-32(58-21-16-12-3)18-23-59-36(40)26-57-20-15-11-2)67-46(45(54)55-9)24-33(62-30(7)51)38(48-28(5)49)41(66-46)37(47)34(63-31(8)52)27-61-29(6)50/h18,23,32-44,53H,10-17,19-22,24-27H2,1-9H3,(H,48,49)/t32-,33?,34-,35?,36?,37-,38?,39+,40+,41+,42?,43+,44+,46?/m1/s1. The third kappa shape index (κ3) is 18.5. The molecule has 0 aromatic rings. The number of nitrogens with one attached hydrogen (secondary N) is 1. The van der Waals surface area contributed by atoms with Gasteiger partial charge in [0.2, 0.25) is 5.91 Å². The molecule has 0 aliphatic carbocycles. The number of aliphatic hydroxyl groups is 1. The fourth-order valence-corrected chi connectivity index (χ4v) is 8.63. The maximum atomic E-state index is 14.5. The van der Waals surface area contributed by atoms with Crippen molar-refractivity contribution in [3.05, 3.63) is 12.3 Å². The first-order valence-electron chi connectivity index (χ1n) is 23.6. The molecule has 2 N–H and O–H groups in total. The molecule has 0 bridgehead atoms. The van der Waals surface area contributed by atoms with E-state index in [0.29, 0.717) is 26.2 Å². The van der Waals surface area contributed by atoms with Gasteiger partial charge in [-0.2, -0.15) is 0 Å². The predicted molar refractivity (Wildman–Crippen MR) is 247 cm³/mol. The van der Waals surface area contributed by atoms with Gasteiger partial charge in [-0.3, -0.25) is 19.2 Å². The van der Waals surface area contributed by atoms with E-state index in [4.69, 9.17) is 61.6 Å². The Hall–Kier alpha value is -2.74. The largest absolute Gasteiger partial charge is 0.493 e. The Morgan fingerprint density at radius 3 is 1.99 bits per heavy atom. The van der Waals surface area contributed by atoms with Crippen LogP contribution >= 0.6 is 22.6 Å². The van der Waals surface area contributed by atoms with Gasteiger partial charge in [-0.15, -0.1) is 0 Å². The molecule has 3 rings (SSSR count). The van der Waals surface area contributed by atoms with E-state index in [2.05, 4.69) is 19.2 Å². The summed E-state index contributed by atoms with van der Waals surface area (Å²) in [5.74, 6) is -6.39. The van der Waals surface area contributed by atoms with E-state index in [0.717, 1.165) is 65.9 Å². The van der Waals surface area contributed by atoms with E-state index in [1.54, 1.807) is 12.3 Å². The van der Waals surface area contributed by atoms with E-state index in [-0.39, 0.29) is 19.8 Å². The summed E-state index contributed by atoms with van der Waals surface area (Å²) >= 11 is 1.89.